The Balaban J connectivity index is 2.33. The maximum atomic E-state index is 6.11. The van der Waals surface area contributed by atoms with Crippen LogP contribution in [0.5, 0.6) is 5.75 Å². The minimum Gasteiger partial charge on any atom is -0.496 e. The van der Waals surface area contributed by atoms with Gasteiger partial charge in [0, 0.05) is 20.0 Å². The van der Waals surface area contributed by atoms with E-state index in [1.54, 1.807) is 7.11 Å². The number of rotatable bonds is 5. The van der Waals surface area contributed by atoms with Crippen LogP contribution in [-0.4, -0.2) is 14.2 Å². The van der Waals surface area contributed by atoms with Gasteiger partial charge in [0.15, 0.2) is 0 Å². The average molecular weight is 434 g/mol. The first kappa shape index (κ1) is 16.8. The number of hydrogen-bond acceptors (Lipinski definition) is 2. The van der Waals surface area contributed by atoms with Gasteiger partial charge in [0.1, 0.15) is 5.75 Å². The minimum atomic E-state index is 0.167. The molecular formula is C16H16Br2ClNO. The molecule has 112 valence electrons. The summed E-state index contributed by atoms with van der Waals surface area (Å²) in [7, 11) is 3.63. The SMILES string of the molecule is CNC(Cc1cc(Cl)ccc1OC)c1ccc(Br)cc1Br. The summed E-state index contributed by atoms with van der Waals surface area (Å²) in [5.41, 5.74) is 2.28. The Kier molecular flexibility index (Phi) is 6.11. The van der Waals surface area contributed by atoms with Crippen LogP contribution in [0.3, 0.4) is 0 Å². The Labute approximate surface area is 147 Å². The van der Waals surface area contributed by atoms with Crippen molar-refractivity contribution in [2.75, 3.05) is 14.2 Å². The molecule has 1 unspecified atom stereocenters. The predicted molar refractivity (Wildman–Crippen MR) is 95.4 cm³/mol. The maximum absolute atomic E-state index is 6.11. The van der Waals surface area contributed by atoms with Crippen molar-refractivity contribution < 1.29 is 4.74 Å². The first-order valence-corrected chi connectivity index (χ1v) is 8.46. The van der Waals surface area contributed by atoms with Crippen LogP contribution in [0.25, 0.3) is 0 Å². The summed E-state index contributed by atoms with van der Waals surface area (Å²) in [6.45, 7) is 0. The van der Waals surface area contributed by atoms with E-state index in [0.29, 0.717) is 0 Å². The Hall–Kier alpha value is -0.550. The monoisotopic (exact) mass is 431 g/mol. The van der Waals surface area contributed by atoms with Crippen molar-refractivity contribution in [2.24, 2.45) is 0 Å². The van der Waals surface area contributed by atoms with E-state index < -0.39 is 0 Å². The van der Waals surface area contributed by atoms with Crippen molar-refractivity contribution in [1.82, 2.24) is 5.32 Å². The van der Waals surface area contributed by atoms with Crippen LogP contribution in [0.1, 0.15) is 17.2 Å². The third kappa shape index (κ3) is 4.22. The highest BCUT2D eigenvalue weighted by Crippen LogP contribution is 2.32. The summed E-state index contributed by atoms with van der Waals surface area (Å²) in [6.07, 6.45) is 0.792. The van der Waals surface area contributed by atoms with Gasteiger partial charge in [-0.3, -0.25) is 0 Å². The molecule has 1 N–H and O–H groups in total. The zero-order chi connectivity index (χ0) is 15.4. The van der Waals surface area contributed by atoms with Crippen LogP contribution in [0.15, 0.2) is 45.3 Å². The van der Waals surface area contributed by atoms with Gasteiger partial charge in [-0.05, 0) is 54.9 Å². The number of ether oxygens (including phenoxy) is 1. The molecule has 0 fully saturated rings. The fourth-order valence-corrected chi connectivity index (χ4v) is 3.80. The molecule has 2 rings (SSSR count). The molecule has 0 saturated carbocycles. The van der Waals surface area contributed by atoms with E-state index >= 15 is 0 Å². The van der Waals surface area contributed by atoms with E-state index in [-0.39, 0.29) is 6.04 Å². The Morgan fingerprint density at radius 3 is 2.57 bits per heavy atom. The molecular weight excluding hydrogens is 417 g/mol. The van der Waals surface area contributed by atoms with Gasteiger partial charge in [-0.15, -0.1) is 0 Å². The lowest BCUT2D eigenvalue weighted by Crippen LogP contribution is -2.19. The van der Waals surface area contributed by atoms with Crippen LogP contribution >= 0.6 is 43.5 Å². The molecule has 5 heteroatoms. The van der Waals surface area contributed by atoms with Crippen LogP contribution < -0.4 is 10.1 Å². The number of hydrogen-bond donors (Lipinski definition) is 1. The fraction of sp³-hybridized carbons (Fsp3) is 0.250. The van der Waals surface area contributed by atoms with Crippen LogP contribution in [0, 0.1) is 0 Å². The van der Waals surface area contributed by atoms with E-state index in [0.717, 1.165) is 31.7 Å². The molecule has 0 aliphatic rings. The first-order valence-electron chi connectivity index (χ1n) is 6.49. The molecule has 2 aromatic rings. The second-order valence-corrected chi connectivity index (χ2v) is 6.87. The minimum absolute atomic E-state index is 0.167. The summed E-state index contributed by atoms with van der Waals surface area (Å²) < 4.78 is 7.54. The third-order valence-electron chi connectivity index (χ3n) is 3.35. The van der Waals surface area contributed by atoms with E-state index in [1.807, 2.05) is 31.3 Å². The second-order valence-electron chi connectivity index (χ2n) is 4.67. The van der Waals surface area contributed by atoms with Crippen molar-refractivity contribution in [3.8, 4) is 5.75 Å². The highest BCUT2D eigenvalue weighted by molar-refractivity contribution is 9.11. The molecule has 0 heterocycles. The van der Waals surface area contributed by atoms with E-state index in [4.69, 9.17) is 16.3 Å². The molecule has 0 aliphatic carbocycles. The van der Waals surface area contributed by atoms with Crippen LogP contribution in [0.4, 0.5) is 0 Å². The molecule has 2 aromatic carbocycles. The van der Waals surface area contributed by atoms with Gasteiger partial charge in [0.25, 0.3) is 0 Å². The van der Waals surface area contributed by atoms with Crippen molar-refractivity contribution >= 4 is 43.5 Å². The number of halogens is 3. The third-order valence-corrected chi connectivity index (χ3v) is 4.77. The summed E-state index contributed by atoms with van der Waals surface area (Å²) in [4.78, 5) is 0. The van der Waals surface area contributed by atoms with Crippen molar-refractivity contribution in [3.63, 3.8) is 0 Å². The van der Waals surface area contributed by atoms with Crippen molar-refractivity contribution in [1.29, 1.82) is 0 Å². The van der Waals surface area contributed by atoms with Gasteiger partial charge in [-0.1, -0.05) is 49.5 Å². The lowest BCUT2D eigenvalue weighted by atomic mass is 9.98. The Bertz CT molecular complexity index is 634. The summed E-state index contributed by atoms with van der Waals surface area (Å²) in [6, 6.07) is 12.1. The highest BCUT2D eigenvalue weighted by Gasteiger charge is 2.16. The molecule has 2 nitrogen and oxygen atoms in total. The fourth-order valence-electron chi connectivity index (χ4n) is 2.28. The molecule has 0 spiro atoms. The molecule has 21 heavy (non-hydrogen) atoms. The van der Waals surface area contributed by atoms with E-state index in [1.165, 1.54) is 5.56 Å². The molecule has 0 bridgehead atoms. The normalized spacial score (nSPS) is 12.2. The lowest BCUT2D eigenvalue weighted by Gasteiger charge is -2.20. The number of likely N-dealkylation sites (N-methyl/N-ethyl adjacent to an activating group) is 1. The first-order chi connectivity index (χ1) is 10.0. The van der Waals surface area contributed by atoms with Gasteiger partial charge >= 0.3 is 0 Å². The van der Waals surface area contributed by atoms with Crippen LogP contribution in [0.2, 0.25) is 5.02 Å². The topological polar surface area (TPSA) is 21.3 Å². The van der Waals surface area contributed by atoms with Gasteiger partial charge in [-0.25, -0.2) is 0 Å². The summed E-state index contributed by atoms with van der Waals surface area (Å²) in [5, 5.41) is 4.07. The standard InChI is InChI=1S/C16H16Br2ClNO/c1-20-15(13-5-3-11(17)9-14(13)18)8-10-7-12(19)4-6-16(10)21-2/h3-7,9,15,20H,8H2,1-2H3. The van der Waals surface area contributed by atoms with E-state index in [2.05, 4.69) is 49.3 Å². The number of nitrogens with one attached hydrogen (secondary N) is 1. The largest absolute Gasteiger partial charge is 0.496 e. The predicted octanol–water partition coefficient (Wildman–Crippen LogP) is 5.38. The van der Waals surface area contributed by atoms with Gasteiger partial charge < -0.3 is 10.1 Å². The van der Waals surface area contributed by atoms with Crippen molar-refractivity contribution in [2.45, 2.75) is 12.5 Å². The van der Waals surface area contributed by atoms with Crippen LogP contribution in [-0.2, 0) is 6.42 Å². The Morgan fingerprint density at radius 2 is 1.95 bits per heavy atom. The van der Waals surface area contributed by atoms with E-state index in [9.17, 15) is 0 Å². The number of benzene rings is 2. The maximum Gasteiger partial charge on any atom is 0.122 e. The summed E-state index contributed by atoms with van der Waals surface area (Å²) in [5.74, 6) is 0.855. The van der Waals surface area contributed by atoms with Gasteiger partial charge in [0.2, 0.25) is 0 Å². The molecule has 0 amide bonds. The van der Waals surface area contributed by atoms with Crippen molar-refractivity contribution in [3.05, 3.63) is 61.5 Å². The summed E-state index contributed by atoms with van der Waals surface area (Å²) >= 11 is 13.2. The molecule has 0 aromatic heterocycles. The molecule has 0 radical (unpaired) electrons. The Morgan fingerprint density at radius 1 is 1.19 bits per heavy atom. The lowest BCUT2D eigenvalue weighted by molar-refractivity contribution is 0.406. The average Bonchev–Trinajstić information content (AvgIpc) is 2.45. The molecule has 0 saturated heterocycles. The smallest absolute Gasteiger partial charge is 0.122 e. The second kappa shape index (κ2) is 7.63. The zero-order valence-corrected chi connectivity index (χ0v) is 15.7. The number of methoxy groups -OCH3 is 1. The zero-order valence-electron chi connectivity index (χ0n) is 11.8. The molecule has 1 atom stereocenters. The van der Waals surface area contributed by atoms with Gasteiger partial charge in [0.05, 0.1) is 7.11 Å². The quantitative estimate of drug-likeness (QED) is 0.684. The highest BCUT2D eigenvalue weighted by atomic mass is 79.9. The van der Waals surface area contributed by atoms with Gasteiger partial charge in [-0.2, -0.15) is 0 Å². The molecule has 0 aliphatic heterocycles.